The van der Waals surface area contributed by atoms with Gasteiger partial charge < -0.3 is 14.6 Å². The highest BCUT2D eigenvalue weighted by Gasteiger charge is 2.32. The van der Waals surface area contributed by atoms with Crippen LogP contribution < -0.4 is 0 Å². The van der Waals surface area contributed by atoms with E-state index in [0.717, 1.165) is 19.4 Å². The summed E-state index contributed by atoms with van der Waals surface area (Å²) in [6, 6.07) is 0. The molecule has 122 valence electrons. The van der Waals surface area contributed by atoms with Gasteiger partial charge >= 0.3 is 0 Å². The molecule has 0 bridgehead atoms. The zero-order chi connectivity index (χ0) is 15.5. The first-order chi connectivity index (χ1) is 10.6. The van der Waals surface area contributed by atoms with Crippen LogP contribution in [0.25, 0.3) is 0 Å². The summed E-state index contributed by atoms with van der Waals surface area (Å²) in [5, 5.41) is 10.6. The first-order valence-electron chi connectivity index (χ1n) is 8.58. The number of carbonyl (C=O) groups is 1. The van der Waals surface area contributed by atoms with E-state index in [1.165, 1.54) is 25.7 Å². The van der Waals surface area contributed by atoms with Gasteiger partial charge in [-0.2, -0.15) is 0 Å². The fourth-order valence-electron chi connectivity index (χ4n) is 3.96. The van der Waals surface area contributed by atoms with Gasteiger partial charge in [0.15, 0.2) is 0 Å². The molecule has 1 aliphatic carbocycles. The molecule has 1 aliphatic heterocycles. The summed E-state index contributed by atoms with van der Waals surface area (Å²) >= 11 is 0. The number of nitrogens with zero attached hydrogens (tertiary/aromatic N) is 3. The molecule has 1 amide bonds. The number of hydrogen-bond donors (Lipinski definition) is 1. The number of aryl methyl sites for hydroxylation is 1. The van der Waals surface area contributed by atoms with E-state index >= 15 is 0 Å². The summed E-state index contributed by atoms with van der Waals surface area (Å²) in [7, 11) is 1.90. The molecule has 0 spiro atoms. The van der Waals surface area contributed by atoms with Crippen molar-refractivity contribution in [3.63, 3.8) is 0 Å². The van der Waals surface area contributed by atoms with E-state index in [0.29, 0.717) is 24.7 Å². The van der Waals surface area contributed by atoms with Crippen LogP contribution in [-0.2, 0) is 11.8 Å². The van der Waals surface area contributed by atoms with Crippen molar-refractivity contribution in [3.05, 3.63) is 18.2 Å². The lowest BCUT2D eigenvalue weighted by Gasteiger charge is -2.35. The van der Waals surface area contributed by atoms with Gasteiger partial charge in [0.05, 0.1) is 0 Å². The van der Waals surface area contributed by atoms with Crippen LogP contribution in [0.1, 0.15) is 56.9 Å². The molecule has 1 aromatic heterocycles. The predicted molar refractivity (Wildman–Crippen MR) is 84.0 cm³/mol. The molecule has 0 aromatic carbocycles. The fraction of sp³-hybridized carbons (Fsp3) is 0.765. The number of aliphatic hydroxyl groups excluding tert-OH is 1. The second-order valence-corrected chi connectivity index (χ2v) is 6.94. The Kier molecular flexibility index (Phi) is 4.81. The average Bonchev–Trinajstić information content (AvgIpc) is 3.18. The van der Waals surface area contributed by atoms with Crippen LogP contribution in [0.4, 0.5) is 0 Å². The van der Waals surface area contributed by atoms with Crippen LogP contribution in [0.2, 0.25) is 0 Å². The maximum Gasteiger partial charge on any atom is 0.222 e. The Labute approximate surface area is 132 Å². The van der Waals surface area contributed by atoms with E-state index in [2.05, 4.69) is 4.98 Å². The van der Waals surface area contributed by atoms with E-state index in [1.807, 2.05) is 22.7 Å². The lowest BCUT2D eigenvalue weighted by molar-refractivity contribution is -0.135. The molecular weight excluding hydrogens is 278 g/mol. The second kappa shape index (κ2) is 6.82. The van der Waals surface area contributed by atoms with Crippen molar-refractivity contribution in [2.24, 2.45) is 18.9 Å². The van der Waals surface area contributed by atoms with Crippen molar-refractivity contribution < 1.29 is 9.90 Å². The van der Waals surface area contributed by atoms with Crippen molar-refractivity contribution in [2.75, 3.05) is 13.1 Å². The predicted octanol–water partition coefficient (Wildman–Crippen LogP) is 2.27. The zero-order valence-corrected chi connectivity index (χ0v) is 13.4. The quantitative estimate of drug-likeness (QED) is 0.928. The first-order valence-corrected chi connectivity index (χ1v) is 8.58. The summed E-state index contributed by atoms with van der Waals surface area (Å²) < 4.78 is 1.87. The van der Waals surface area contributed by atoms with E-state index in [4.69, 9.17) is 0 Å². The van der Waals surface area contributed by atoms with Gasteiger partial charge in [-0.25, -0.2) is 4.98 Å². The number of likely N-dealkylation sites (tertiary alicyclic amines) is 1. The molecule has 1 saturated heterocycles. The molecule has 22 heavy (non-hydrogen) atoms. The number of aromatic nitrogens is 2. The maximum absolute atomic E-state index is 12.5. The maximum atomic E-state index is 12.5. The number of piperidine rings is 1. The summed E-state index contributed by atoms with van der Waals surface area (Å²) in [5.74, 6) is 1.67. The topological polar surface area (TPSA) is 58.4 Å². The van der Waals surface area contributed by atoms with Gasteiger partial charge in [0, 0.05) is 44.9 Å². The highest BCUT2D eigenvalue weighted by molar-refractivity contribution is 5.76. The minimum absolute atomic E-state index is 0.0994. The third kappa shape index (κ3) is 3.35. The molecule has 2 atom stereocenters. The Morgan fingerprint density at radius 1 is 1.36 bits per heavy atom. The minimum Gasteiger partial charge on any atom is -0.385 e. The van der Waals surface area contributed by atoms with Crippen LogP contribution in [0.15, 0.2) is 12.4 Å². The molecule has 2 heterocycles. The molecule has 5 heteroatoms. The highest BCUT2D eigenvalue weighted by Crippen LogP contribution is 2.31. The summed E-state index contributed by atoms with van der Waals surface area (Å²) in [6.07, 6.45) is 10.6. The number of carbonyl (C=O) groups excluding carboxylic acids is 1. The van der Waals surface area contributed by atoms with Crippen LogP contribution in [0.3, 0.4) is 0 Å². The number of aliphatic hydroxyl groups is 1. The standard InChI is InChI=1S/C17H27N3O2/c1-19-10-8-18-17(19)16(22)14-7-4-9-20(12-14)15(21)11-13-5-2-3-6-13/h8,10,13-14,16,22H,2-7,9,11-12H2,1H3. The largest absolute Gasteiger partial charge is 0.385 e. The van der Waals surface area contributed by atoms with Crippen molar-refractivity contribution in [3.8, 4) is 0 Å². The summed E-state index contributed by atoms with van der Waals surface area (Å²) in [5.41, 5.74) is 0. The van der Waals surface area contributed by atoms with Crippen molar-refractivity contribution in [1.82, 2.24) is 14.5 Å². The Balaban J connectivity index is 1.58. The molecule has 2 aliphatic rings. The Hall–Kier alpha value is -1.36. The molecule has 3 rings (SSSR count). The van der Waals surface area contributed by atoms with Gasteiger partial charge in [-0.3, -0.25) is 4.79 Å². The summed E-state index contributed by atoms with van der Waals surface area (Å²) in [4.78, 5) is 18.7. The van der Waals surface area contributed by atoms with E-state index in [9.17, 15) is 9.90 Å². The highest BCUT2D eigenvalue weighted by atomic mass is 16.3. The van der Waals surface area contributed by atoms with Crippen molar-refractivity contribution >= 4 is 5.91 Å². The third-order valence-corrected chi connectivity index (χ3v) is 5.32. The number of imidazole rings is 1. The summed E-state index contributed by atoms with van der Waals surface area (Å²) in [6.45, 7) is 1.51. The van der Waals surface area contributed by atoms with Gasteiger partial charge in [0.2, 0.25) is 5.91 Å². The molecule has 1 aromatic rings. The van der Waals surface area contributed by atoms with Gasteiger partial charge in [0.1, 0.15) is 11.9 Å². The molecule has 2 unspecified atom stereocenters. The van der Waals surface area contributed by atoms with Gasteiger partial charge in [-0.05, 0) is 31.6 Å². The Morgan fingerprint density at radius 3 is 2.82 bits per heavy atom. The van der Waals surface area contributed by atoms with E-state index in [1.54, 1.807) is 6.20 Å². The van der Waals surface area contributed by atoms with Gasteiger partial charge in [0.25, 0.3) is 0 Å². The van der Waals surface area contributed by atoms with Crippen molar-refractivity contribution in [2.45, 2.75) is 51.0 Å². The van der Waals surface area contributed by atoms with Crippen molar-refractivity contribution in [1.29, 1.82) is 0 Å². The average molecular weight is 305 g/mol. The SMILES string of the molecule is Cn1ccnc1C(O)C1CCCN(C(=O)CC2CCCC2)C1. The van der Waals surface area contributed by atoms with Crippen LogP contribution >= 0.6 is 0 Å². The normalized spacial score (nSPS) is 24.6. The van der Waals surface area contributed by atoms with Crippen LogP contribution in [0, 0.1) is 11.8 Å². The Morgan fingerprint density at radius 2 is 2.14 bits per heavy atom. The molecule has 5 nitrogen and oxygen atoms in total. The minimum atomic E-state index is -0.581. The van der Waals surface area contributed by atoms with Crippen LogP contribution in [-0.4, -0.2) is 38.6 Å². The fourth-order valence-corrected chi connectivity index (χ4v) is 3.96. The first kappa shape index (κ1) is 15.5. The molecule has 0 radical (unpaired) electrons. The lowest BCUT2D eigenvalue weighted by atomic mass is 9.91. The monoisotopic (exact) mass is 305 g/mol. The molecule has 1 N–H and O–H groups in total. The number of rotatable bonds is 4. The van der Waals surface area contributed by atoms with Crippen LogP contribution in [0.5, 0.6) is 0 Å². The zero-order valence-electron chi connectivity index (χ0n) is 13.4. The van der Waals surface area contributed by atoms with Gasteiger partial charge in [-0.1, -0.05) is 12.8 Å². The lowest BCUT2D eigenvalue weighted by Crippen LogP contribution is -2.42. The Bertz CT molecular complexity index is 508. The number of hydrogen-bond acceptors (Lipinski definition) is 3. The van der Waals surface area contributed by atoms with E-state index in [-0.39, 0.29) is 11.8 Å². The smallest absolute Gasteiger partial charge is 0.222 e. The van der Waals surface area contributed by atoms with Gasteiger partial charge in [-0.15, -0.1) is 0 Å². The molecule has 2 fully saturated rings. The second-order valence-electron chi connectivity index (χ2n) is 6.94. The third-order valence-electron chi connectivity index (χ3n) is 5.32. The number of amides is 1. The van der Waals surface area contributed by atoms with E-state index < -0.39 is 6.10 Å². The molecule has 1 saturated carbocycles. The molecular formula is C17H27N3O2.